The van der Waals surface area contributed by atoms with E-state index in [1.807, 2.05) is 13.8 Å². The van der Waals surface area contributed by atoms with E-state index in [-0.39, 0.29) is 22.7 Å². The molecule has 1 atom stereocenters. The van der Waals surface area contributed by atoms with Gasteiger partial charge in [0.05, 0.1) is 17.3 Å². The number of aromatic nitrogens is 3. The van der Waals surface area contributed by atoms with Crippen molar-refractivity contribution in [2.24, 2.45) is 5.92 Å². The lowest BCUT2D eigenvalue weighted by atomic mass is 9.90. The lowest BCUT2D eigenvalue weighted by Gasteiger charge is -2.36. The number of carbonyl (C=O) groups is 1. The zero-order chi connectivity index (χ0) is 23.2. The predicted molar refractivity (Wildman–Crippen MR) is 112 cm³/mol. The first kappa shape index (κ1) is 22.0. The molecule has 0 N–H and O–H groups in total. The van der Waals surface area contributed by atoms with Crippen molar-refractivity contribution in [3.8, 4) is 5.69 Å². The fourth-order valence-electron chi connectivity index (χ4n) is 3.84. The quantitative estimate of drug-likeness (QED) is 0.519. The van der Waals surface area contributed by atoms with Gasteiger partial charge < -0.3 is 4.90 Å². The minimum atomic E-state index is -4.55. The molecule has 168 valence electrons. The number of rotatable bonds is 3. The molecular formula is C23H22F4N4O. The number of hydrogen-bond acceptors (Lipinski definition) is 3. The molecule has 1 aromatic heterocycles. The predicted octanol–water partition coefficient (Wildman–Crippen LogP) is 5.22. The second kappa shape index (κ2) is 8.03. The number of anilines is 1. The Morgan fingerprint density at radius 2 is 1.94 bits per heavy atom. The van der Waals surface area contributed by atoms with Crippen LogP contribution in [-0.4, -0.2) is 33.4 Å². The molecule has 1 aliphatic rings. The maximum Gasteiger partial charge on any atom is 0.393 e. The van der Waals surface area contributed by atoms with Gasteiger partial charge in [-0.1, -0.05) is 26.0 Å². The minimum Gasteiger partial charge on any atom is -0.307 e. The average molecular weight is 446 g/mol. The van der Waals surface area contributed by atoms with Crippen LogP contribution in [0.5, 0.6) is 0 Å². The smallest absolute Gasteiger partial charge is 0.307 e. The van der Waals surface area contributed by atoms with Gasteiger partial charge in [-0.2, -0.15) is 18.3 Å². The molecule has 0 saturated carbocycles. The van der Waals surface area contributed by atoms with Crippen LogP contribution in [-0.2, 0) is 6.42 Å². The second-order valence-corrected chi connectivity index (χ2v) is 8.30. The first-order valence-electron chi connectivity index (χ1n) is 10.2. The van der Waals surface area contributed by atoms with E-state index >= 15 is 0 Å². The first-order chi connectivity index (χ1) is 15.1. The summed E-state index contributed by atoms with van der Waals surface area (Å²) in [6.07, 6.45) is -3.52. The molecule has 0 fully saturated rings. The molecule has 5 nitrogen and oxygen atoms in total. The number of fused-ring (bicyclic) bond motifs is 1. The molecule has 0 bridgehead atoms. The molecule has 0 spiro atoms. The van der Waals surface area contributed by atoms with Crippen molar-refractivity contribution < 1.29 is 22.4 Å². The maximum absolute atomic E-state index is 14.4. The Hall–Kier alpha value is -3.23. The Morgan fingerprint density at radius 3 is 2.59 bits per heavy atom. The Morgan fingerprint density at radius 1 is 1.19 bits per heavy atom. The van der Waals surface area contributed by atoms with Gasteiger partial charge in [-0.05, 0) is 43.2 Å². The second-order valence-electron chi connectivity index (χ2n) is 8.30. The van der Waals surface area contributed by atoms with Crippen molar-refractivity contribution in [3.63, 3.8) is 0 Å². The van der Waals surface area contributed by atoms with Crippen LogP contribution >= 0.6 is 0 Å². The first-order valence-corrected chi connectivity index (χ1v) is 10.2. The van der Waals surface area contributed by atoms with Gasteiger partial charge >= 0.3 is 6.18 Å². The Balaban J connectivity index is 1.76. The van der Waals surface area contributed by atoms with Crippen molar-refractivity contribution in [1.82, 2.24) is 14.8 Å². The largest absolute Gasteiger partial charge is 0.393 e. The highest BCUT2D eigenvalue weighted by Gasteiger charge is 2.45. The maximum atomic E-state index is 14.4. The summed E-state index contributed by atoms with van der Waals surface area (Å²) >= 11 is 0. The van der Waals surface area contributed by atoms with Crippen LogP contribution in [0.25, 0.3) is 5.69 Å². The van der Waals surface area contributed by atoms with E-state index in [0.29, 0.717) is 17.1 Å². The van der Waals surface area contributed by atoms with Crippen LogP contribution in [0.4, 0.5) is 23.2 Å². The zero-order valence-corrected chi connectivity index (χ0v) is 17.8. The summed E-state index contributed by atoms with van der Waals surface area (Å²) < 4.78 is 56.6. The van der Waals surface area contributed by atoms with Gasteiger partial charge in [-0.3, -0.25) is 4.79 Å². The van der Waals surface area contributed by atoms with E-state index < -0.39 is 36.8 Å². The number of amides is 1. The summed E-state index contributed by atoms with van der Waals surface area (Å²) in [6, 6.07) is 9.03. The van der Waals surface area contributed by atoms with Crippen LogP contribution in [0.15, 0.2) is 42.7 Å². The Bertz CT molecular complexity index is 1170. The van der Waals surface area contributed by atoms with Crippen LogP contribution < -0.4 is 4.90 Å². The van der Waals surface area contributed by atoms with Crippen LogP contribution in [0.2, 0.25) is 0 Å². The van der Waals surface area contributed by atoms with Crippen molar-refractivity contribution in [3.05, 3.63) is 71.1 Å². The highest BCUT2D eigenvalue weighted by molar-refractivity contribution is 6.08. The molecular weight excluding hydrogens is 424 g/mol. The van der Waals surface area contributed by atoms with E-state index in [1.165, 1.54) is 23.1 Å². The van der Waals surface area contributed by atoms with Gasteiger partial charge in [-0.25, -0.2) is 14.1 Å². The van der Waals surface area contributed by atoms with E-state index in [4.69, 9.17) is 0 Å². The number of alkyl halides is 3. The lowest BCUT2D eigenvalue weighted by molar-refractivity contribution is -0.172. The highest BCUT2D eigenvalue weighted by atomic mass is 19.4. The summed E-state index contributed by atoms with van der Waals surface area (Å²) in [5, 5.41) is 4.40. The molecule has 2 heterocycles. The molecule has 1 aliphatic heterocycles. The van der Waals surface area contributed by atoms with Crippen LogP contribution in [0.1, 0.15) is 47.1 Å². The fraction of sp³-hybridized carbons (Fsp3) is 0.348. The van der Waals surface area contributed by atoms with E-state index in [1.54, 1.807) is 25.1 Å². The van der Waals surface area contributed by atoms with E-state index in [2.05, 4.69) is 10.1 Å². The van der Waals surface area contributed by atoms with Crippen LogP contribution in [0.3, 0.4) is 0 Å². The highest BCUT2D eigenvalue weighted by Crippen LogP contribution is 2.39. The zero-order valence-electron chi connectivity index (χ0n) is 17.8. The fourth-order valence-corrected chi connectivity index (χ4v) is 3.84. The Kier molecular flexibility index (Phi) is 5.52. The third-order valence-corrected chi connectivity index (χ3v) is 5.69. The average Bonchev–Trinajstić information content (AvgIpc) is 3.23. The van der Waals surface area contributed by atoms with Gasteiger partial charge in [-0.15, -0.1) is 0 Å². The number of carbonyl (C=O) groups excluding carboxylic acids is 1. The van der Waals surface area contributed by atoms with Gasteiger partial charge in [0.15, 0.2) is 5.82 Å². The van der Waals surface area contributed by atoms with Crippen molar-refractivity contribution in [2.75, 3.05) is 11.4 Å². The normalized spacial score (nSPS) is 16.4. The Labute approximate surface area is 182 Å². The molecule has 0 aliphatic carbocycles. The topological polar surface area (TPSA) is 51.0 Å². The van der Waals surface area contributed by atoms with Crippen LogP contribution in [0, 0.1) is 18.7 Å². The number of nitrogens with zero attached hydrogens (tertiary/aromatic N) is 4. The summed E-state index contributed by atoms with van der Waals surface area (Å²) in [5.74, 6) is -2.46. The van der Waals surface area contributed by atoms with Gasteiger partial charge in [0.25, 0.3) is 5.91 Å². The summed E-state index contributed by atoms with van der Waals surface area (Å²) in [5.41, 5.74) is 1.45. The number of halogens is 4. The molecule has 4 rings (SSSR count). The third-order valence-electron chi connectivity index (χ3n) is 5.69. The van der Waals surface area contributed by atoms with Gasteiger partial charge in [0.2, 0.25) is 0 Å². The summed E-state index contributed by atoms with van der Waals surface area (Å²) in [6.45, 7) is 5.04. The molecule has 32 heavy (non-hydrogen) atoms. The van der Waals surface area contributed by atoms with Crippen molar-refractivity contribution >= 4 is 11.6 Å². The summed E-state index contributed by atoms with van der Waals surface area (Å²) in [7, 11) is 0. The molecule has 2 aromatic carbocycles. The van der Waals surface area contributed by atoms with E-state index in [0.717, 1.165) is 11.0 Å². The van der Waals surface area contributed by atoms with E-state index in [9.17, 15) is 22.4 Å². The molecule has 3 aromatic rings. The molecule has 9 heteroatoms. The SMILES string of the molecule is Cc1ccc(-n2cnc(C(C)C)n2)cc1C(=O)N1C[C@@H](C(F)(F)F)Cc2c(F)cccc21. The van der Waals surface area contributed by atoms with Crippen molar-refractivity contribution in [1.29, 1.82) is 0 Å². The number of benzene rings is 2. The monoisotopic (exact) mass is 446 g/mol. The number of hydrogen-bond donors (Lipinski definition) is 0. The molecule has 1 amide bonds. The third kappa shape index (κ3) is 3.99. The minimum absolute atomic E-state index is 0.0962. The van der Waals surface area contributed by atoms with Gasteiger partial charge in [0.1, 0.15) is 12.1 Å². The lowest BCUT2D eigenvalue weighted by Crippen LogP contribution is -2.45. The molecule has 0 radical (unpaired) electrons. The van der Waals surface area contributed by atoms with Crippen molar-refractivity contribution in [2.45, 2.75) is 39.3 Å². The standard InChI is InChI=1S/C23H22F4N4O/c1-13(2)21-28-12-31(29-21)16-8-7-14(3)17(10-16)22(32)30-11-15(23(25,26)27)9-18-19(24)5-4-6-20(18)30/h4-8,10,12-13,15H,9,11H2,1-3H3/t15-/m0/s1. The number of aryl methyl sites for hydroxylation is 1. The molecule has 0 unspecified atom stereocenters. The van der Waals surface area contributed by atoms with Gasteiger partial charge in [0, 0.05) is 23.6 Å². The molecule has 0 saturated heterocycles. The summed E-state index contributed by atoms with van der Waals surface area (Å²) in [4.78, 5) is 18.7.